The van der Waals surface area contributed by atoms with Gasteiger partial charge in [-0.2, -0.15) is 0 Å². The summed E-state index contributed by atoms with van der Waals surface area (Å²) in [6.07, 6.45) is 0. The van der Waals surface area contributed by atoms with E-state index in [0.717, 1.165) is 18.7 Å². The molecular formula is C20H32FN5O2. The van der Waals surface area contributed by atoms with E-state index < -0.39 is 0 Å². The lowest BCUT2D eigenvalue weighted by molar-refractivity contribution is -0.123. The van der Waals surface area contributed by atoms with E-state index in [1.165, 1.54) is 12.1 Å². The number of carbonyl (C=O) groups excluding carboxylic acids is 1. The molecule has 1 atom stereocenters. The van der Waals surface area contributed by atoms with Crippen molar-refractivity contribution in [3.63, 3.8) is 0 Å². The van der Waals surface area contributed by atoms with Crippen molar-refractivity contribution in [2.45, 2.75) is 19.9 Å². The van der Waals surface area contributed by atoms with Crippen molar-refractivity contribution in [1.29, 1.82) is 0 Å². The van der Waals surface area contributed by atoms with Crippen LogP contribution in [0.4, 0.5) is 4.39 Å². The number of rotatable bonds is 8. The Morgan fingerprint density at radius 3 is 2.39 bits per heavy atom. The molecule has 0 saturated carbocycles. The molecule has 0 radical (unpaired) electrons. The first-order valence-electron chi connectivity index (χ1n) is 9.80. The number of nitrogens with one attached hydrogen (secondary N) is 3. The number of morpholine rings is 1. The van der Waals surface area contributed by atoms with Gasteiger partial charge in [0, 0.05) is 45.7 Å². The van der Waals surface area contributed by atoms with E-state index >= 15 is 0 Å². The normalized spacial score (nSPS) is 16.7. The van der Waals surface area contributed by atoms with Crippen LogP contribution in [0.1, 0.15) is 25.5 Å². The molecule has 1 unspecified atom stereocenters. The van der Waals surface area contributed by atoms with Crippen LogP contribution in [-0.2, 0) is 9.53 Å². The fourth-order valence-electron chi connectivity index (χ4n) is 3.02. The van der Waals surface area contributed by atoms with Crippen LogP contribution in [0.2, 0.25) is 0 Å². The first-order chi connectivity index (χ1) is 13.5. The Labute approximate surface area is 166 Å². The highest BCUT2D eigenvalue weighted by Gasteiger charge is 2.23. The number of carbonyl (C=O) groups is 1. The number of benzene rings is 1. The highest BCUT2D eigenvalue weighted by Crippen LogP contribution is 2.21. The molecule has 1 fully saturated rings. The van der Waals surface area contributed by atoms with E-state index in [-0.39, 0.29) is 23.7 Å². The van der Waals surface area contributed by atoms with Crippen LogP contribution in [0.5, 0.6) is 0 Å². The average Bonchev–Trinajstić information content (AvgIpc) is 2.71. The van der Waals surface area contributed by atoms with Crippen molar-refractivity contribution in [2.75, 3.05) is 53.0 Å². The van der Waals surface area contributed by atoms with Crippen LogP contribution in [0, 0.1) is 11.7 Å². The molecule has 3 N–H and O–H groups in total. The number of ether oxygens (including phenoxy) is 1. The summed E-state index contributed by atoms with van der Waals surface area (Å²) in [4.78, 5) is 18.2. The third kappa shape index (κ3) is 7.09. The topological polar surface area (TPSA) is 78.0 Å². The molecule has 0 spiro atoms. The molecule has 0 bridgehead atoms. The quantitative estimate of drug-likeness (QED) is 0.351. The minimum Gasteiger partial charge on any atom is -0.379 e. The Kier molecular flexibility index (Phi) is 9.16. The molecule has 1 saturated heterocycles. The third-order valence-corrected chi connectivity index (χ3v) is 4.67. The Morgan fingerprint density at radius 2 is 1.79 bits per heavy atom. The monoisotopic (exact) mass is 393 g/mol. The van der Waals surface area contributed by atoms with Crippen molar-refractivity contribution in [2.24, 2.45) is 10.9 Å². The summed E-state index contributed by atoms with van der Waals surface area (Å²) in [5.74, 6) is 0.438. The zero-order chi connectivity index (χ0) is 20.4. The number of nitrogens with zero attached hydrogens (tertiary/aromatic N) is 2. The maximum absolute atomic E-state index is 13.3. The number of amides is 1. The van der Waals surface area contributed by atoms with E-state index in [4.69, 9.17) is 4.74 Å². The van der Waals surface area contributed by atoms with Crippen LogP contribution in [0.15, 0.2) is 29.3 Å². The second kappa shape index (κ2) is 11.6. The molecule has 8 heteroatoms. The molecule has 1 aliphatic rings. The molecule has 1 heterocycles. The fourth-order valence-corrected chi connectivity index (χ4v) is 3.02. The molecular weight excluding hydrogens is 361 g/mol. The van der Waals surface area contributed by atoms with Gasteiger partial charge in [0.2, 0.25) is 5.91 Å². The first-order valence-corrected chi connectivity index (χ1v) is 9.80. The van der Waals surface area contributed by atoms with Crippen molar-refractivity contribution >= 4 is 11.9 Å². The Bertz CT molecular complexity index is 630. The molecule has 7 nitrogen and oxygen atoms in total. The van der Waals surface area contributed by atoms with Crippen LogP contribution in [0.25, 0.3) is 0 Å². The summed E-state index contributed by atoms with van der Waals surface area (Å²) in [5.41, 5.74) is 1.05. The smallest absolute Gasteiger partial charge is 0.222 e. The van der Waals surface area contributed by atoms with Gasteiger partial charge in [0.05, 0.1) is 19.3 Å². The molecule has 1 aromatic rings. The predicted molar refractivity (Wildman–Crippen MR) is 109 cm³/mol. The maximum atomic E-state index is 13.3. The highest BCUT2D eigenvalue weighted by molar-refractivity contribution is 5.80. The SMILES string of the molecule is CN=C(NCCNC(=O)C(C)C)NCC(c1ccc(F)cc1)N1CCOCC1. The van der Waals surface area contributed by atoms with Crippen LogP contribution in [-0.4, -0.2) is 69.8 Å². The van der Waals surface area contributed by atoms with Gasteiger partial charge in [-0.1, -0.05) is 26.0 Å². The predicted octanol–water partition coefficient (Wildman–Crippen LogP) is 1.14. The maximum Gasteiger partial charge on any atom is 0.222 e. The summed E-state index contributed by atoms with van der Waals surface area (Å²) >= 11 is 0. The largest absolute Gasteiger partial charge is 0.379 e. The Hall–Kier alpha value is -2.19. The lowest BCUT2D eigenvalue weighted by Crippen LogP contribution is -2.47. The van der Waals surface area contributed by atoms with Crippen molar-refractivity contribution in [3.05, 3.63) is 35.6 Å². The lowest BCUT2D eigenvalue weighted by atomic mass is 10.0. The zero-order valence-electron chi connectivity index (χ0n) is 17.0. The van der Waals surface area contributed by atoms with E-state index in [2.05, 4.69) is 25.8 Å². The van der Waals surface area contributed by atoms with Crippen molar-refractivity contribution < 1.29 is 13.9 Å². The van der Waals surface area contributed by atoms with Gasteiger partial charge >= 0.3 is 0 Å². The number of hydrogen-bond donors (Lipinski definition) is 3. The van der Waals surface area contributed by atoms with Crippen LogP contribution >= 0.6 is 0 Å². The minimum absolute atomic E-state index is 0.0255. The van der Waals surface area contributed by atoms with Gasteiger partial charge in [-0.05, 0) is 17.7 Å². The Balaban J connectivity index is 1.89. The number of guanidine groups is 1. The Morgan fingerprint density at radius 1 is 1.14 bits per heavy atom. The molecule has 28 heavy (non-hydrogen) atoms. The van der Waals surface area contributed by atoms with Gasteiger partial charge in [-0.25, -0.2) is 4.39 Å². The van der Waals surface area contributed by atoms with Gasteiger partial charge in [0.25, 0.3) is 0 Å². The third-order valence-electron chi connectivity index (χ3n) is 4.67. The average molecular weight is 394 g/mol. The molecule has 0 aromatic heterocycles. The lowest BCUT2D eigenvalue weighted by Gasteiger charge is -2.35. The van der Waals surface area contributed by atoms with E-state index in [1.807, 2.05) is 26.0 Å². The molecule has 1 amide bonds. The summed E-state index contributed by atoms with van der Waals surface area (Å²) in [6, 6.07) is 6.73. The van der Waals surface area contributed by atoms with E-state index in [1.54, 1.807) is 7.05 Å². The van der Waals surface area contributed by atoms with Gasteiger partial charge in [0.15, 0.2) is 5.96 Å². The second-order valence-electron chi connectivity index (χ2n) is 7.04. The summed E-state index contributed by atoms with van der Waals surface area (Å²) in [6.45, 7) is 8.52. The van der Waals surface area contributed by atoms with Crippen molar-refractivity contribution in [3.8, 4) is 0 Å². The van der Waals surface area contributed by atoms with Gasteiger partial charge in [0.1, 0.15) is 5.82 Å². The van der Waals surface area contributed by atoms with Gasteiger partial charge < -0.3 is 20.7 Å². The summed E-state index contributed by atoms with van der Waals surface area (Å²) in [7, 11) is 1.71. The minimum atomic E-state index is -0.238. The first kappa shape index (κ1) is 22.1. The molecule has 0 aliphatic carbocycles. The van der Waals surface area contributed by atoms with Crippen molar-refractivity contribution in [1.82, 2.24) is 20.9 Å². The summed E-state index contributed by atoms with van der Waals surface area (Å²) < 4.78 is 18.8. The van der Waals surface area contributed by atoms with Gasteiger partial charge in [-0.3, -0.25) is 14.7 Å². The highest BCUT2D eigenvalue weighted by atomic mass is 19.1. The number of hydrogen-bond acceptors (Lipinski definition) is 4. The number of aliphatic imine (C=N–C) groups is 1. The molecule has 156 valence electrons. The summed E-state index contributed by atoms with van der Waals surface area (Å²) in [5, 5.41) is 9.41. The van der Waals surface area contributed by atoms with Crippen LogP contribution in [0.3, 0.4) is 0 Å². The standard InChI is InChI=1S/C20H32FN5O2/c1-15(2)19(27)23-8-9-24-20(22-3)25-14-18(26-10-12-28-13-11-26)16-4-6-17(21)7-5-16/h4-7,15,18H,8-14H2,1-3H3,(H,23,27)(H2,22,24,25). The fraction of sp³-hybridized carbons (Fsp3) is 0.600. The zero-order valence-corrected chi connectivity index (χ0v) is 17.0. The molecule has 1 aromatic carbocycles. The second-order valence-corrected chi connectivity index (χ2v) is 7.04. The van der Waals surface area contributed by atoms with E-state index in [0.29, 0.717) is 38.8 Å². The molecule has 1 aliphatic heterocycles. The van der Waals surface area contributed by atoms with Gasteiger partial charge in [-0.15, -0.1) is 0 Å². The van der Waals surface area contributed by atoms with Crippen LogP contribution < -0.4 is 16.0 Å². The molecule has 2 rings (SSSR count). The van der Waals surface area contributed by atoms with E-state index in [9.17, 15) is 9.18 Å². The number of halogens is 1.